The summed E-state index contributed by atoms with van der Waals surface area (Å²) >= 11 is 3.54. The molecule has 2 aromatic heterocycles. The fourth-order valence-corrected chi connectivity index (χ4v) is 5.57. The molecule has 11 nitrogen and oxygen atoms in total. The lowest BCUT2D eigenvalue weighted by molar-refractivity contribution is -0.123. The maximum absolute atomic E-state index is 14.1. The number of likely N-dealkylation sites (tertiary alicyclic amines) is 1. The summed E-state index contributed by atoms with van der Waals surface area (Å²) in [6.45, 7) is 1.65. The number of pyridine rings is 1. The van der Waals surface area contributed by atoms with E-state index in [9.17, 15) is 19.2 Å². The second-order valence-corrected chi connectivity index (χ2v) is 10.9. The first-order valence-corrected chi connectivity index (χ1v) is 13.6. The number of hydrogen-bond donors (Lipinski definition) is 2. The van der Waals surface area contributed by atoms with Gasteiger partial charge in [0.1, 0.15) is 5.54 Å². The van der Waals surface area contributed by atoms with Gasteiger partial charge in [-0.15, -0.1) is 0 Å². The van der Waals surface area contributed by atoms with E-state index in [4.69, 9.17) is 0 Å². The van der Waals surface area contributed by atoms with Gasteiger partial charge in [-0.25, -0.2) is 19.6 Å². The number of anilines is 2. The molecular formula is C27H26BrN7O4. The number of H-pyrrole nitrogens is 1. The number of urea groups is 1. The number of imide groups is 1. The predicted molar refractivity (Wildman–Crippen MR) is 146 cm³/mol. The number of aromatic amines is 1. The minimum absolute atomic E-state index is 0.0321. The molecule has 2 N–H and O–H groups in total. The number of nitrogens with one attached hydrogen (secondary N) is 2. The summed E-state index contributed by atoms with van der Waals surface area (Å²) < 4.78 is 0.908. The first kappa shape index (κ1) is 25.4. The SMILES string of the molecule is O=C(NC1CC1)c1ccc(N2C(=O)N(c3nccc(=O)[nH]3)C3(CCN(Cc4ncccc4Br)CC3)C2=O)cc1. The minimum Gasteiger partial charge on any atom is -0.349 e. The second kappa shape index (κ2) is 10.0. The number of carbonyl (C=O) groups is 3. The van der Waals surface area contributed by atoms with E-state index in [0.29, 0.717) is 43.7 Å². The molecule has 3 aromatic rings. The van der Waals surface area contributed by atoms with E-state index in [0.717, 1.165) is 27.9 Å². The zero-order valence-electron chi connectivity index (χ0n) is 21.0. The number of benzene rings is 1. The van der Waals surface area contributed by atoms with Crippen molar-refractivity contribution in [2.24, 2.45) is 0 Å². The lowest BCUT2D eigenvalue weighted by atomic mass is 9.85. The topological polar surface area (TPSA) is 132 Å². The van der Waals surface area contributed by atoms with Crippen LogP contribution in [0.2, 0.25) is 0 Å². The van der Waals surface area contributed by atoms with Gasteiger partial charge in [0.2, 0.25) is 5.95 Å². The van der Waals surface area contributed by atoms with Crippen LogP contribution in [0.4, 0.5) is 16.4 Å². The smallest absolute Gasteiger partial charge is 0.339 e. The van der Waals surface area contributed by atoms with Gasteiger partial charge in [-0.3, -0.25) is 29.3 Å². The van der Waals surface area contributed by atoms with Crippen molar-refractivity contribution in [1.82, 2.24) is 25.2 Å². The van der Waals surface area contributed by atoms with Crippen LogP contribution in [-0.2, 0) is 11.3 Å². The summed E-state index contributed by atoms with van der Waals surface area (Å²) in [5, 5.41) is 2.93. The largest absolute Gasteiger partial charge is 0.349 e. The molecule has 0 bridgehead atoms. The normalized spacial score (nSPS) is 19.1. The summed E-state index contributed by atoms with van der Waals surface area (Å²) in [6.07, 6.45) is 5.71. The molecular weight excluding hydrogens is 566 g/mol. The van der Waals surface area contributed by atoms with Gasteiger partial charge in [-0.2, -0.15) is 0 Å². The molecule has 0 atom stereocenters. The van der Waals surface area contributed by atoms with Crippen LogP contribution in [0.3, 0.4) is 0 Å². The van der Waals surface area contributed by atoms with Gasteiger partial charge >= 0.3 is 6.03 Å². The average Bonchev–Trinajstić information content (AvgIpc) is 3.72. The number of halogens is 1. The molecule has 6 rings (SSSR count). The zero-order valence-corrected chi connectivity index (χ0v) is 22.6. The third-order valence-corrected chi connectivity index (χ3v) is 8.19. The number of carbonyl (C=O) groups excluding carboxylic acids is 3. The molecule has 0 unspecified atom stereocenters. The van der Waals surface area contributed by atoms with Crippen LogP contribution in [0.5, 0.6) is 0 Å². The van der Waals surface area contributed by atoms with Gasteiger partial charge < -0.3 is 5.32 Å². The summed E-state index contributed by atoms with van der Waals surface area (Å²) in [7, 11) is 0. The van der Waals surface area contributed by atoms with E-state index in [2.05, 4.69) is 41.1 Å². The summed E-state index contributed by atoms with van der Waals surface area (Å²) in [5.41, 5.74) is 0.0686. The molecule has 1 saturated carbocycles. The molecule has 39 heavy (non-hydrogen) atoms. The van der Waals surface area contributed by atoms with E-state index in [-0.39, 0.29) is 23.8 Å². The third-order valence-electron chi connectivity index (χ3n) is 7.47. The quantitative estimate of drug-likeness (QED) is 0.421. The van der Waals surface area contributed by atoms with Crippen molar-refractivity contribution < 1.29 is 14.4 Å². The Hall–Kier alpha value is -3.90. The number of piperidine rings is 1. The monoisotopic (exact) mass is 591 g/mol. The molecule has 4 heterocycles. The molecule has 3 aliphatic rings. The molecule has 1 spiro atoms. The van der Waals surface area contributed by atoms with Crippen molar-refractivity contribution >= 4 is 45.4 Å². The number of aromatic nitrogens is 3. The lowest BCUT2D eigenvalue weighted by Gasteiger charge is -2.41. The Bertz CT molecular complexity index is 1500. The van der Waals surface area contributed by atoms with Crippen LogP contribution in [0.15, 0.2) is 64.1 Å². The highest BCUT2D eigenvalue weighted by molar-refractivity contribution is 9.10. The van der Waals surface area contributed by atoms with Gasteiger partial charge in [0.15, 0.2) is 0 Å². The Kier molecular flexibility index (Phi) is 6.51. The third kappa shape index (κ3) is 4.74. The molecule has 3 fully saturated rings. The van der Waals surface area contributed by atoms with Crippen LogP contribution < -0.4 is 20.7 Å². The van der Waals surface area contributed by atoms with Crippen molar-refractivity contribution in [3.63, 3.8) is 0 Å². The lowest BCUT2D eigenvalue weighted by Crippen LogP contribution is -2.57. The van der Waals surface area contributed by atoms with Gasteiger partial charge in [0, 0.05) is 54.2 Å². The average molecular weight is 592 g/mol. The van der Waals surface area contributed by atoms with Crippen LogP contribution in [0, 0.1) is 0 Å². The Labute approximate surface area is 232 Å². The molecule has 4 amide bonds. The Morgan fingerprint density at radius 2 is 1.77 bits per heavy atom. The number of rotatable bonds is 6. The van der Waals surface area contributed by atoms with Crippen LogP contribution in [-0.4, -0.2) is 62.4 Å². The Morgan fingerprint density at radius 1 is 1.03 bits per heavy atom. The summed E-state index contributed by atoms with van der Waals surface area (Å²) in [4.78, 5) is 68.5. The van der Waals surface area contributed by atoms with E-state index in [1.54, 1.807) is 30.5 Å². The fraction of sp³-hybridized carbons (Fsp3) is 0.333. The van der Waals surface area contributed by atoms with E-state index in [1.807, 2.05) is 12.1 Å². The number of nitrogens with zero attached hydrogens (tertiary/aromatic N) is 5. The minimum atomic E-state index is -1.21. The Balaban J connectivity index is 1.29. The maximum Gasteiger partial charge on any atom is 0.339 e. The Morgan fingerprint density at radius 3 is 2.44 bits per heavy atom. The van der Waals surface area contributed by atoms with E-state index in [1.165, 1.54) is 17.2 Å². The second-order valence-electron chi connectivity index (χ2n) is 10.1. The first-order chi connectivity index (χ1) is 18.9. The zero-order chi connectivity index (χ0) is 27.1. The van der Waals surface area contributed by atoms with Crippen LogP contribution in [0.1, 0.15) is 41.7 Å². The standard InChI is InChI=1S/C27H26BrN7O4/c28-20-2-1-12-29-21(20)16-33-14-10-27(11-15-33)24(38)34(26(39)35(27)25-30-13-9-22(36)32-25)19-7-3-17(4-8-19)23(37)31-18-5-6-18/h1-4,7-9,12-13,18H,5-6,10-11,14-16H2,(H,31,37)(H,30,32,36). The van der Waals surface area contributed by atoms with Crippen molar-refractivity contribution in [2.75, 3.05) is 22.9 Å². The van der Waals surface area contributed by atoms with Crippen molar-refractivity contribution in [3.8, 4) is 0 Å². The highest BCUT2D eigenvalue weighted by Gasteiger charge is 2.60. The van der Waals surface area contributed by atoms with Gasteiger partial charge in [-0.05, 0) is 78.0 Å². The van der Waals surface area contributed by atoms with Crippen molar-refractivity contribution in [3.05, 3.63) is 80.9 Å². The fourth-order valence-electron chi connectivity index (χ4n) is 5.19. The summed E-state index contributed by atoms with van der Waals surface area (Å²) in [5.74, 6) is -0.531. The molecule has 1 aliphatic carbocycles. The molecule has 2 saturated heterocycles. The summed E-state index contributed by atoms with van der Waals surface area (Å²) in [6, 6.07) is 11.1. The predicted octanol–water partition coefficient (Wildman–Crippen LogP) is 2.83. The molecule has 0 radical (unpaired) electrons. The van der Waals surface area contributed by atoms with E-state index < -0.39 is 17.1 Å². The van der Waals surface area contributed by atoms with Crippen molar-refractivity contribution in [1.29, 1.82) is 0 Å². The van der Waals surface area contributed by atoms with Crippen LogP contribution >= 0.6 is 15.9 Å². The molecule has 2 aliphatic heterocycles. The highest BCUT2D eigenvalue weighted by Crippen LogP contribution is 2.41. The molecule has 12 heteroatoms. The number of amides is 4. The maximum atomic E-state index is 14.1. The van der Waals surface area contributed by atoms with Crippen LogP contribution in [0.25, 0.3) is 0 Å². The van der Waals surface area contributed by atoms with Gasteiger partial charge in [0.25, 0.3) is 17.4 Å². The van der Waals surface area contributed by atoms with Crippen molar-refractivity contribution in [2.45, 2.75) is 43.8 Å². The van der Waals surface area contributed by atoms with Gasteiger partial charge in [0.05, 0.1) is 11.4 Å². The van der Waals surface area contributed by atoms with Gasteiger partial charge in [-0.1, -0.05) is 0 Å². The highest BCUT2D eigenvalue weighted by atomic mass is 79.9. The number of hydrogen-bond acceptors (Lipinski definition) is 7. The first-order valence-electron chi connectivity index (χ1n) is 12.8. The van der Waals surface area contributed by atoms with E-state index >= 15 is 0 Å². The molecule has 1 aromatic carbocycles. The molecule has 200 valence electrons.